The van der Waals surface area contributed by atoms with E-state index in [2.05, 4.69) is 0 Å². The molecule has 21 valence electrons. The van der Waals surface area contributed by atoms with Gasteiger partial charge in [-0.05, 0) is 0 Å². The van der Waals surface area contributed by atoms with Gasteiger partial charge < -0.3 is 0 Å². The van der Waals surface area contributed by atoms with Crippen LogP contribution in [-0.2, 0) is 22.4 Å². The molecule has 11 radical (unpaired) electrons. The first kappa shape index (κ1) is 29.5. The Morgan fingerprint density at radius 3 is 0.750 bits per heavy atom. The van der Waals surface area contributed by atoms with E-state index in [1.807, 2.05) is 0 Å². The molecule has 0 atom stereocenters. The summed E-state index contributed by atoms with van der Waals surface area (Å²) in [6.07, 6.45) is 0. The molecule has 0 bridgehead atoms. The van der Waals surface area contributed by atoms with Gasteiger partial charge in [0.2, 0.25) is 0 Å². The van der Waals surface area contributed by atoms with Gasteiger partial charge in [-0.25, -0.2) is 0 Å². The maximum atomic E-state index is 0. The van der Waals surface area contributed by atoms with Gasteiger partial charge in [0.15, 0.2) is 0 Å². The molecule has 4 heavy (non-hydrogen) atoms. The van der Waals surface area contributed by atoms with Crippen molar-refractivity contribution >= 4 is 70.8 Å². The van der Waals surface area contributed by atoms with Crippen LogP contribution in [0.15, 0.2) is 0 Å². The van der Waals surface area contributed by atoms with Crippen molar-refractivity contribution in [1.29, 1.82) is 0 Å². The minimum Gasteiger partial charge on any atom is 0 e. The van der Waals surface area contributed by atoms with E-state index < -0.39 is 0 Å². The first-order chi connectivity index (χ1) is 0. The van der Waals surface area contributed by atoms with Crippen molar-refractivity contribution in [3.8, 4) is 0 Å². The van der Waals surface area contributed by atoms with E-state index in [-0.39, 0.29) is 93.2 Å². The van der Waals surface area contributed by atoms with E-state index in [1.165, 1.54) is 0 Å². The van der Waals surface area contributed by atoms with Crippen molar-refractivity contribution in [1.82, 2.24) is 0 Å². The van der Waals surface area contributed by atoms with Gasteiger partial charge in [0.1, 0.15) is 0 Å². The van der Waals surface area contributed by atoms with Crippen LogP contribution in [0.3, 0.4) is 0 Å². The number of rotatable bonds is 0. The molecule has 0 unspecified atom stereocenters. The third kappa shape index (κ3) is 8.83. The molecule has 0 nitrogen and oxygen atoms in total. The zero-order chi connectivity index (χ0) is 0. The van der Waals surface area contributed by atoms with Crippen LogP contribution in [0.1, 0.15) is 0 Å². The second-order valence-electron chi connectivity index (χ2n) is 0. The molecule has 0 amide bonds. The summed E-state index contributed by atoms with van der Waals surface area (Å²) < 4.78 is 0. The van der Waals surface area contributed by atoms with Crippen molar-refractivity contribution in [3.63, 3.8) is 0 Å². The molecule has 0 aliphatic rings. The summed E-state index contributed by atoms with van der Waals surface area (Å²) in [5.41, 5.74) is 0. The third-order valence-corrected chi connectivity index (χ3v) is 0. The van der Waals surface area contributed by atoms with Crippen LogP contribution >= 0.6 is 0 Å². The molecule has 4 heteroatoms. The Bertz CT molecular complexity index is 6.00. The van der Waals surface area contributed by atoms with Crippen molar-refractivity contribution in [2.45, 2.75) is 0 Å². The fourth-order valence-corrected chi connectivity index (χ4v) is 0. The second-order valence-corrected chi connectivity index (χ2v) is 0. The summed E-state index contributed by atoms with van der Waals surface area (Å²) in [5, 5.41) is 0. The van der Waals surface area contributed by atoms with Crippen LogP contribution < -0.4 is 0 Å². The summed E-state index contributed by atoms with van der Waals surface area (Å²) >= 11 is 0. The minimum atomic E-state index is 0. The molecular formula is AgBaSi2. The molecule has 0 aliphatic carbocycles. The van der Waals surface area contributed by atoms with Crippen LogP contribution in [0.5, 0.6) is 0 Å². The van der Waals surface area contributed by atoms with Gasteiger partial charge in [-0.1, -0.05) is 0 Å². The number of hydrogen-bond donors (Lipinski definition) is 0. The van der Waals surface area contributed by atoms with Crippen molar-refractivity contribution < 1.29 is 22.4 Å². The van der Waals surface area contributed by atoms with E-state index >= 15 is 0 Å². The summed E-state index contributed by atoms with van der Waals surface area (Å²) in [5.74, 6) is 0. The Labute approximate surface area is 91.1 Å². The second kappa shape index (κ2) is 17.2. The fraction of sp³-hybridized carbons (Fsp3) is 0. The molecule has 0 saturated heterocycles. The van der Waals surface area contributed by atoms with Crippen molar-refractivity contribution in [3.05, 3.63) is 0 Å². The summed E-state index contributed by atoms with van der Waals surface area (Å²) in [6.45, 7) is 0. The van der Waals surface area contributed by atoms with Crippen molar-refractivity contribution in [2.24, 2.45) is 0 Å². The first-order valence-electron chi connectivity index (χ1n) is 0. The topological polar surface area (TPSA) is 0 Å². The van der Waals surface area contributed by atoms with Crippen LogP contribution in [0.4, 0.5) is 0 Å². The zero-order valence-electron chi connectivity index (χ0n) is 2.01. The molecule has 0 aromatic rings. The zero-order valence-corrected chi connectivity index (χ0v) is 9.93. The molecular weight excluding hydrogens is 301 g/mol. The monoisotopic (exact) mass is 301 g/mol. The van der Waals surface area contributed by atoms with Gasteiger partial charge in [-0.3, -0.25) is 0 Å². The van der Waals surface area contributed by atoms with Gasteiger partial charge in [0.25, 0.3) is 0 Å². The van der Waals surface area contributed by atoms with E-state index in [1.54, 1.807) is 0 Å². The molecule has 0 N–H and O–H groups in total. The SMILES string of the molecule is [Ag].[Ba].[Si].[Si]. The minimum absolute atomic E-state index is 0. The van der Waals surface area contributed by atoms with Crippen molar-refractivity contribution in [2.75, 3.05) is 0 Å². The Balaban J connectivity index is 0. The predicted octanol–water partition coefficient (Wildman–Crippen LogP) is -1.14. The maximum Gasteiger partial charge on any atom is 0 e. The average Bonchev–Trinajstić information content (AvgIpc) is 0. The largest absolute Gasteiger partial charge is 0 e. The van der Waals surface area contributed by atoms with Crippen LogP contribution in [0.25, 0.3) is 0 Å². The fourth-order valence-electron chi connectivity index (χ4n) is 0. The summed E-state index contributed by atoms with van der Waals surface area (Å²) in [4.78, 5) is 0. The van der Waals surface area contributed by atoms with Crippen LogP contribution in [-0.4, -0.2) is 70.8 Å². The molecule has 0 rings (SSSR count). The van der Waals surface area contributed by atoms with Gasteiger partial charge in [-0.2, -0.15) is 0 Å². The molecule has 0 fully saturated rings. The predicted molar refractivity (Wildman–Crippen MR) is 17.3 cm³/mol. The molecule has 0 aromatic carbocycles. The van der Waals surface area contributed by atoms with Gasteiger partial charge in [0.05, 0.1) is 0 Å². The normalized spacial score (nSPS) is 0. The van der Waals surface area contributed by atoms with E-state index in [0.29, 0.717) is 0 Å². The Morgan fingerprint density at radius 2 is 0.750 bits per heavy atom. The van der Waals surface area contributed by atoms with Crippen LogP contribution in [0, 0.1) is 0 Å². The smallest absolute Gasteiger partial charge is 0 e. The summed E-state index contributed by atoms with van der Waals surface area (Å²) in [6, 6.07) is 0. The Hall–Kier alpha value is 2.75. The van der Waals surface area contributed by atoms with E-state index in [4.69, 9.17) is 0 Å². The number of hydrogen-bond acceptors (Lipinski definition) is 0. The quantitative estimate of drug-likeness (QED) is 0.496. The average molecular weight is 301 g/mol. The summed E-state index contributed by atoms with van der Waals surface area (Å²) in [7, 11) is 0. The molecule has 0 spiro atoms. The standard InChI is InChI=1S/Ag.Ba.2Si. The van der Waals surface area contributed by atoms with Gasteiger partial charge in [-0.15, -0.1) is 0 Å². The Kier molecular flexibility index (Phi) is 127. The third-order valence-electron chi connectivity index (χ3n) is 0. The first-order valence-corrected chi connectivity index (χ1v) is 0. The van der Waals surface area contributed by atoms with E-state index in [0.717, 1.165) is 0 Å². The molecule has 0 saturated carbocycles. The molecule has 0 aromatic heterocycles. The molecule has 0 aliphatic heterocycles. The maximum absolute atomic E-state index is 0. The molecule has 0 heterocycles. The van der Waals surface area contributed by atoms with Gasteiger partial charge in [0, 0.05) is 93.2 Å². The Morgan fingerprint density at radius 1 is 0.750 bits per heavy atom. The van der Waals surface area contributed by atoms with E-state index in [9.17, 15) is 0 Å². The van der Waals surface area contributed by atoms with Crippen LogP contribution in [0.2, 0.25) is 0 Å². The van der Waals surface area contributed by atoms with Gasteiger partial charge >= 0.3 is 0 Å².